The smallest absolute Gasteiger partial charge is 0.342 e. The van der Waals surface area contributed by atoms with Crippen LogP contribution in [0.4, 0.5) is 19.0 Å². The van der Waals surface area contributed by atoms with Gasteiger partial charge in [-0.1, -0.05) is 6.92 Å². The summed E-state index contributed by atoms with van der Waals surface area (Å²) in [5.41, 5.74) is 0.985. The summed E-state index contributed by atoms with van der Waals surface area (Å²) in [7, 11) is 0. The number of thiazole rings is 1. The van der Waals surface area contributed by atoms with Gasteiger partial charge in [-0.15, -0.1) is 21.5 Å². The summed E-state index contributed by atoms with van der Waals surface area (Å²) in [6, 6.07) is 0. The van der Waals surface area contributed by atoms with Crippen LogP contribution in [0.2, 0.25) is 0 Å². The summed E-state index contributed by atoms with van der Waals surface area (Å²) >= 11 is 1.43. The summed E-state index contributed by atoms with van der Waals surface area (Å²) in [6.45, 7) is 5.31. The molecule has 1 aliphatic heterocycles. The molecule has 1 aliphatic rings. The maximum absolute atomic E-state index is 13.2. The van der Waals surface area contributed by atoms with E-state index in [0.29, 0.717) is 51.7 Å². The molecule has 1 unspecified atom stereocenters. The number of hydrogen-bond acceptors (Lipinski definition) is 8. The average Bonchev–Trinajstić information content (AvgIpc) is 3.53. The highest BCUT2D eigenvalue weighted by atomic mass is 32.1. The van der Waals surface area contributed by atoms with Crippen molar-refractivity contribution < 1.29 is 13.2 Å². The summed E-state index contributed by atoms with van der Waals surface area (Å²) in [4.78, 5) is 15.3. The average molecular weight is 476 g/mol. The van der Waals surface area contributed by atoms with Gasteiger partial charge in [0.05, 0.1) is 29.9 Å². The molecule has 33 heavy (non-hydrogen) atoms. The first kappa shape index (κ1) is 21.5. The van der Waals surface area contributed by atoms with Crippen molar-refractivity contribution in [2.75, 3.05) is 11.4 Å². The molecule has 172 valence electrons. The fraction of sp³-hybridized carbons (Fsp3) is 0.400. The van der Waals surface area contributed by atoms with Crippen molar-refractivity contribution in [1.82, 2.24) is 39.9 Å². The molecule has 9 nitrogen and oxygen atoms in total. The lowest BCUT2D eigenvalue weighted by Crippen LogP contribution is -2.50. The van der Waals surface area contributed by atoms with Crippen LogP contribution in [0, 0.1) is 6.92 Å². The number of alkyl halides is 3. The Balaban J connectivity index is 1.69. The standard InChI is InChI=1S/C20H20F3N9S/c1-4-19(3)18-30-28-11(2)32(18)13-10-25-15(27-16(13)31(19)7-5-20(21,22)23)12-9-26-29-14(12)17-24-6-8-33-17/h6,8-10H,4-5,7H2,1-3H3,(H,26,29). The summed E-state index contributed by atoms with van der Waals surface area (Å²) < 4.78 is 41.6. The van der Waals surface area contributed by atoms with Crippen LogP contribution in [0.3, 0.4) is 0 Å². The zero-order chi connectivity index (χ0) is 23.4. The van der Waals surface area contributed by atoms with Crippen LogP contribution in [0.25, 0.3) is 27.8 Å². The van der Waals surface area contributed by atoms with Gasteiger partial charge in [0, 0.05) is 18.1 Å². The molecule has 0 aromatic carbocycles. The number of anilines is 1. The molecule has 1 atom stereocenters. The summed E-state index contributed by atoms with van der Waals surface area (Å²) in [6.07, 6.45) is 0.0960. The van der Waals surface area contributed by atoms with E-state index >= 15 is 0 Å². The van der Waals surface area contributed by atoms with Gasteiger partial charge in [0.2, 0.25) is 0 Å². The van der Waals surface area contributed by atoms with Crippen molar-refractivity contribution in [3.8, 4) is 27.8 Å². The molecule has 0 spiro atoms. The van der Waals surface area contributed by atoms with Gasteiger partial charge in [0.1, 0.15) is 22.2 Å². The molecule has 0 saturated carbocycles. The number of halogens is 3. The van der Waals surface area contributed by atoms with E-state index in [1.165, 1.54) is 11.3 Å². The van der Waals surface area contributed by atoms with Gasteiger partial charge in [0.25, 0.3) is 0 Å². The normalized spacial score (nSPS) is 17.8. The molecule has 4 aromatic rings. The Bertz CT molecular complexity index is 1290. The van der Waals surface area contributed by atoms with Crippen LogP contribution in [0.1, 0.15) is 38.3 Å². The predicted octanol–water partition coefficient (Wildman–Crippen LogP) is 4.28. The van der Waals surface area contributed by atoms with Crippen LogP contribution in [-0.4, -0.2) is 52.6 Å². The maximum atomic E-state index is 13.2. The number of hydrogen-bond donors (Lipinski definition) is 1. The fourth-order valence-electron chi connectivity index (χ4n) is 4.11. The van der Waals surface area contributed by atoms with Gasteiger partial charge in [-0.2, -0.15) is 18.3 Å². The molecule has 13 heteroatoms. The minimum atomic E-state index is -4.31. The second kappa shape index (κ2) is 7.61. The van der Waals surface area contributed by atoms with Gasteiger partial charge in [-0.05, 0) is 20.3 Å². The first-order chi connectivity index (χ1) is 15.7. The Morgan fingerprint density at radius 1 is 1.18 bits per heavy atom. The van der Waals surface area contributed by atoms with E-state index in [9.17, 15) is 13.2 Å². The molecule has 5 heterocycles. The third kappa shape index (κ3) is 3.46. The Morgan fingerprint density at radius 2 is 2.00 bits per heavy atom. The molecule has 4 aromatic heterocycles. The Morgan fingerprint density at radius 3 is 2.70 bits per heavy atom. The monoisotopic (exact) mass is 475 g/mol. The second-order valence-corrected chi connectivity index (χ2v) is 8.84. The number of aromatic amines is 1. The molecule has 0 radical (unpaired) electrons. The molecule has 0 fully saturated rings. The molecule has 0 bridgehead atoms. The van der Waals surface area contributed by atoms with Crippen LogP contribution in [0.5, 0.6) is 0 Å². The minimum absolute atomic E-state index is 0.270. The van der Waals surface area contributed by atoms with Crippen LogP contribution in [-0.2, 0) is 5.54 Å². The zero-order valence-electron chi connectivity index (χ0n) is 18.1. The van der Waals surface area contributed by atoms with E-state index in [-0.39, 0.29) is 6.54 Å². The van der Waals surface area contributed by atoms with Crippen molar-refractivity contribution in [2.45, 2.75) is 45.3 Å². The lowest BCUT2D eigenvalue weighted by Gasteiger charge is -2.45. The quantitative estimate of drug-likeness (QED) is 0.460. The summed E-state index contributed by atoms with van der Waals surface area (Å²) in [5, 5.41) is 18.1. The fourth-order valence-corrected chi connectivity index (χ4v) is 4.76. The predicted molar refractivity (Wildman–Crippen MR) is 116 cm³/mol. The van der Waals surface area contributed by atoms with Gasteiger partial charge < -0.3 is 4.90 Å². The van der Waals surface area contributed by atoms with Crippen molar-refractivity contribution in [3.63, 3.8) is 0 Å². The van der Waals surface area contributed by atoms with E-state index in [4.69, 9.17) is 4.98 Å². The first-order valence-corrected chi connectivity index (χ1v) is 11.2. The first-order valence-electron chi connectivity index (χ1n) is 10.3. The van der Waals surface area contributed by atoms with Gasteiger partial charge in [-0.25, -0.2) is 15.0 Å². The van der Waals surface area contributed by atoms with E-state index in [2.05, 4.69) is 30.4 Å². The van der Waals surface area contributed by atoms with Crippen LogP contribution in [0.15, 0.2) is 24.0 Å². The number of nitrogens with zero attached hydrogens (tertiary/aromatic N) is 8. The lowest BCUT2D eigenvalue weighted by atomic mass is 9.92. The van der Waals surface area contributed by atoms with Gasteiger partial charge in [-0.3, -0.25) is 9.67 Å². The third-order valence-electron chi connectivity index (χ3n) is 5.98. The van der Waals surface area contributed by atoms with E-state index < -0.39 is 18.1 Å². The van der Waals surface area contributed by atoms with Gasteiger partial charge in [0.15, 0.2) is 17.5 Å². The topological polar surface area (TPSA) is 101 Å². The number of aryl methyl sites for hydroxylation is 1. The van der Waals surface area contributed by atoms with Crippen LogP contribution < -0.4 is 4.90 Å². The lowest BCUT2D eigenvalue weighted by molar-refractivity contribution is -0.133. The second-order valence-electron chi connectivity index (χ2n) is 7.95. The van der Waals surface area contributed by atoms with Crippen molar-refractivity contribution in [2.24, 2.45) is 0 Å². The highest BCUT2D eigenvalue weighted by molar-refractivity contribution is 7.13. The summed E-state index contributed by atoms with van der Waals surface area (Å²) in [5.74, 6) is 1.93. The maximum Gasteiger partial charge on any atom is 0.390 e. The highest BCUT2D eigenvalue weighted by Gasteiger charge is 2.45. The Kier molecular flexibility index (Phi) is 4.96. The number of fused-ring (bicyclic) bond motifs is 3. The Hall–Kier alpha value is -3.35. The van der Waals surface area contributed by atoms with E-state index in [1.807, 2.05) is 23.8 Å². The van der Waals surface area contributed by atoms with E-state index in [0.717, 1.165) is 0 Å². The number of rotatable bonds is 5. The molecular formula is C20H20F3N9S. The molecule has 5 rings (SSSR count). The number of H-pyrrole nitrogens is 1. The molecule has 1 N–H and O–H groups in total. The largest absolute Gasteiger partial charge is 0.390 e. The number of nitrogens with one attached hydrogen (secondary N) is 1. The highest BCUT2D eigenvalue weighted by Crippen LogP contribution is 2.44. The van der Waals surface area contributed by atoms with Crippen LogP contribution >= 0.6 is 11.3 Å². The molecule has 0 amide bonds. The minimum Gasteiger partial charge on any atom is -0.342 e. The van der Waals surface area contributed by atoms with Crippen molar-refractivity contribution in [3.05, 3.63) is 35.6 Å². The molecule has 0 saturated heterocycles. The van der Waals surface area contributed by atoms with Crippen molar-refractivity contribution in [1.29, 1.82) is 0 Å². The SMILES string of the molecule is CCC1(C)c2nnc(C)n2-c2cnc(-c3cn[nH]c3-c3nccs3)nc2N1CCC(F)(F)F. The van der Waals surface area contributed by atoms with Crippen molar-refractivity contribution >= 4 is 17.2 Å². The number of aromatic nitrogens is 8. The van der Waals surface area contributed by atoms with Gasteiger partial charge >= 0.3 is 6.18 Å². The zero-order valence-corrected chi connectivity index (χ0v) is 18.9. The van der Waals surface area contributed by atoms with E-state index in [1.54, 1.807) is 30.4 Å². The Labute approximate surface area is 190 Å². The third-order valence-corrected chi connectivity index (χ3v) is 6.77. The molecule has 0 aliphatic carbocycles. The molecular weight excluding hydrogens is 455 g/mol.